The Bertz CT molecular complexity index is 563. The minimum absolute atomic E-state index is 0.0193. The number of guanidine groups is 1. The number of nitrogens with two attached hydrogens (primary N) is 3. The number of hydrogen-bond donors (Lipinski definition) is 5. The van der Waals surface area contributed by atoms with Crippen molar-refractivity contribution in [2.45, 2.75) is 78.3 Å². The van der Waals surface area contributed by atoms with Crippen LogP contribution in [0.5, 0.6) is 0 Å². The molecule has 0 aliphatic carbocycles. The normalized spacial score (nSPS) is 12.9. The topological polar surface area (TPSA) is 166 Å². The lowest BCUT2D eigenvalue weighted by molar-refractivity contribution is -0.131. The molecule has 0 bridgehead atoms. The molecule has 2 amide bonds. The van der Waals surface area contributed by atoms with Gasteiger partial charge in [0.05, 0.1) is 5.54 Å². The van der Waals surface area contributed by atoms with Gasteiger partial charge < -0.3 is 27.8 Å². The van der Waals surface area contributed by atoms with Crippen molar-refractivity contribution in [3.63, 3.8) is 0 Å². The first-order valence-electron chi connectivity index (χ1n) is 9.71. The molecule has 0 saturated heterocycles. The van der Waals surface area contributed by atoms with Crippen LogP contribution in [-0.2, 0) is 14.4 Å². The van der Waals surface area contributed by atoms with Gasteiger partial charge >= 0.3 is 0 Å². The highest BCUT2D eigenvalue weighted by molar-refractivity contribution is 5.91. The van der Waals surface area contributed by atoms with Crippen LogP contribution in [0.2, 0.25) is 0 Å². The fourth-order valence-electron chi connectivity index (χ4n) is 2.39. The summed E-state index contributed by atoms with van der Waals surface area (Å²) in [7, 11) is 0. The summed E-state index contributed by atoms with van der Waals surface area (Å²) in [6.07, 6.45) is 2.92. The first-order valence-corrected chi connectivity index (χ1v) is 9.71. The van der Waals surface area contributed by atoms with Gasteiger partial charge in [0.25, 0.3) is 0 Å². The Morgan fingerprint density at radius 2 is 1.57 bits per heavy atom. The van der Waals surface area contributed by atoms with E-state index in [1.54, 1.807) is 13.8 Å². The summed E-state index contributed by atoms with van der Waals surface area (Å²) in [4.78, 5) is 39.9. The van der Waals surface area contributed by atoms with E-state index in [0.29, 0.717) is 32.4 Å². The molecule has 1 atom stereocenters. The average Bonchev–Trinajstić information content (AvgIpc) is 2.55. The second kappa shape index (κ2) is 11.6. The van der Waals surface area contributed by atoms with Gasteiger partial charge in [0.15, 0.2) is 5.96 Å². The van der Waals surface area contributed by atoms with Crippen LogP contribution >= 0.6 is 0 Å². The van der Waals surface area contributed by atoms with E-state index in [1.165, 1.54) is 0 Å². The Morgan fingerprint density at radius 3 is 2.07 bits per heavy atom. The average molecular weight is 399 g/mol. The van der Waals surface area contributed by atoms with Crippen molar-refractivity contribution in [2.24, 2.45) is 27.6 Å². The summed E-state index contributed by atoms with van der Waals surface area (Å²) in [5.41, 5.74) is 14.7. The molecule has 0 aromatic rings. The summed E-state index contributed by atoms with van der Waals surface area (Å²) >= 11 is 0. The number of carbonyl (C=O) groups is 3. The second-order valence-corrected chi connectivity index (χ2v) is 8.56. The summed E-state index contributed by atoms with van der Waals surface area (Å²) < 4.78 is 0. The number of ketones is 1. The van der Waals surface area contributed by atoms with Crippen molar-refractivity contribution in [1.29, 1.82) is 0 Å². The van der Waals surface area contributed by atoms with Crippen molar-refractivity contribution in [1.82, 2.24) is 10.6 Å². The van der Waals surface area contributed by atoms with Gasteiger partial charge in [-0.3, -0.25) is 19.4 Å². The quantitative estimate of drug-likeness (QED) is 0.168. The molecule has 0 heterocycles. The van der Waals surface area contributed by atoms with E-state index in [0.717, 1.165) is 12.8 Å². The molecule has 8 N–H and O–H groups in total. The number of nitrogens with one attached hydrogen (secondary N) is 2. The van der Waals surface area contributed by atoms with E-state index >= 15 is 0 Å². The van der Waals surface area contributed by atoms with Crippen molar-refractivity contribution >= 4 is 23.6 Å². The molecule has 0 aromatic heterocycles. The molecule has 28 heavy (non-hydrogen) atoms. The molecular formula is C19H38N6O3. The standard InChI is InChI=1S/C19H38N6O3/c1-18(2,3)14(26)10-6-7-12-24-19(4,5)16(28)25-13(15(20)27)9-8-11-23-17(21)22/h13,24H,6-12H2,1-5H3,(H2,20,27)(H,25,28)(H4,21,22,23)/t13-/m0/s1. The fourth-order valence-corrected chi connectivity index (χ4v) is 2.39. The number of nitrogens with zero attached hydrogens (tertiary/aromatic N) is 1. The minimum Gasteiger partial charge on any atom is -0.370 e. The Labute approximate surface area is 168 Å². The lowest BCUT2D eigenvalue weighted by Crippen LogP contribution is -2.57. The first-order chi connectivity index (χ1) is 12.8. The van der Waals surface area contributed by atoms with E-state index in [2.05, 4.69) is 15.6 Å². The Hall–Kier alpha value is -2.16. The van der Waals surface area contributed by atoms with Crippen molar-refractivity contribution in [3.05, 3.63) is 0 Å². The highest BCUT2D eigenvalue weighted by Gasteiger charge is 2.30. The summed E-state index contributed by atoms with van der Waals surface area (Å²) in [5.74, 6) is -0.706. The Kier molecular flexibility index (Phi) is 10.7. The fraction of sp³-hybridized carbons (Fsp3) is 0.789. The van der Waals surface area contributed by atoms with E-state index < -0.39 is 17.5 Å². The van der Waals surface area contributed by atoms with Gasteiger partial charge in [-0.05, 0) is 46.1 Å². The molecule has 0 saturated carbocycles. The lowest BCUT2D eigenvalue weighted by atomic mass is 9.88. The maximum Gasteiger partial charge on any atom is 0.240 e. The van der Waals surface area contributed by atoms with Crippen LogP contribution in [0.25, 0.3) is 0 Å². The predicted octanol–water partition coefficient (Wildman–Crippen LogP) is 0.164. The number of hydrogen-bond acceptors (Lipinski definition) is 5. The van der Waals surface area contributed by atoms with E-state index in [4.69, 9.17) is 17.2 Å². The number of primary amides is 1. The van der Waals surface area contributed by atoms with Crippen molar-refractivity contribution in [2.75, 3.05) is 13.1 Å². The third-order valence-corrected chi connectivity index (χ3v) is 4.40. The number of Topliss-reactive ketones (excluding diaryl/α,β-unsaturated/α-hetero) is 1. The van der Waals surface area contributed by atoms with Crippen LogP contribution in [0.4, 0.5) is 0 Å². The molecule has 0 aliphatic rings. The molecule has 9 nitrogen and oxygen atoms in total. The van der Waals surface area contributed by atoms with Crippen molar-refractivity contribution < 1.29 is 14.4 Å². The van der Waals surface area contributed by atoms with E-state index in [9.17, 15) is 14.4 Å². The van der Waals surface area contributed by atoms with Gasteiger partial charge in [-0.2, -0.15) is 0 Å². The van der Waals surface area contributed by atoms with Gasteiger partial charge in [0.2, 0.25) is 11.8 Å². The van der Waals surface area contributed by atoms with Crippen LogP contribution in [0.3, 0.4) is 0 Å². The van der Waals surface area contributed by atoms with Gasteiger partial charge in [-0.1, -0.05) is 20.8 Å². The van der Waals surface area contributed by atoms with Gasteiger partial charge in [-0.25, -0.2) is 0 Å². The Balaban J connectivity index is 4.40. The smallest absolute Gasteiger partial charge is 0.240 e. The van der Waals surface area contributed by atoms with Crippen LogP contribution < -0.4 is 27.8 Å². The second-order valence-electron chi connectivity index (χ2n) is 8.56. The zero-order valence-electron chi connectivity index (χ0n) is 17.9. The number of unbranched alkanes of at least 4 members (excludes halogenated alkanes) is 1. The highest BCUT2D eigenvalue weighted by Crippen LogP contribution is 2.18. The van der Waals surface area contributed by atoms with Crippen LogP contribution in [-0.4, -0.2) is 48.2 Å². The molecule has 0 spiro atoms. The van der Waals surface area contributed by atoms with Crippen LogP contribution in [0.15, 0.2) is 4.99 Å². The number of aliphatic imine (C=N–C) groups is 1. The summed E-state index contributed by atoms with van der Waals surface area (Å²) in [6, 6.07) is -0.785. The molecule has 0 unspecified atom stereocenters. The molecule has 9 heteroatoms. The van der Waals surface area contributed by atoms with Gasteiger partial charge in [-0.15, -0.1) is 0 Å². The molecule has 0 radical (unpaired) electrons. The predicted molar refractivity (Wildman–Crippen MR) is 111 cm³/mol. The zero-order chi connectivity index (χ0) is 22.0. The largest absolute Gasteiger partial charge is 0.370 e. The van der Waals surface area contributed by atoms with Gasteiger partial charge in [0, 0.05) is 18.4 Å². The minimum atomic E-state index is -0.873. The number of carbonyl (C=O) groups excluding carboxylic acids is 3. The first kappa shape index (κ1) is 25.8. The summed E-state index contributed by atoms with van der Waals surface area (Å²) in [5, 5.41) is 5.85. The maximum atomic E-state index is 12.5. The van der Waals surface area contributed by atoms with E-state index in [-0.39, 0.29) is 23.1 Å². The molecular weight excluding hydrogens is 360 g/mol. The van der Waals surface area contributed by atoms with Gasteiger partial charge in [0.1, 0.15) is 11.8 Å². The van der Waals surface area contributed by atoms with E-state index in [1.807, 2.05) is 20.8 Å². The third kappa shape index (κ3) is 10.9. The molecule has 0 aromatic carbocycles. The number of rotatable bonds is 13. The summed E-state index contributed by atoms with van der Waals surface area (Å²) in [6.45, 7) is 10.1. The molecule has 0 aliphatic heterocycles. The zero-order valence-corrected chi connectivity index (χ0v) is 17.9. The van der Waals surface area contributed by atoms with Crippen LogP contribution in [0.1, 0.15) is 66.7 Å². The monoisotopic (exact) mass is 398 g/mol. The molecule has 0 rings (SSSR count). The van der Waals surface area contributed by atoms with Crippen LogP contribution in [0, 0.1) is 5.41 Å². The maximum absolute atomic E-state index is 12.5. The highest BCUT2D eigenvalue weighted by atomic mass is 16.2. The third-order valence-electron chi connectivity index (χ3n) is 4.40. The SMILES string of the molecule is CC(C)(C)C(=O)CCCCNC(C)(C)C(=O)N[C@@H](CCCN=C(N)N)C(N)=O. The lowest BCUT2D eigenvalue weighted by Gasteiger charge is -2.27. The molecule has 0 fully saturated rings. The number of amides is 2. The Morgan fingerprint density at radius 1 is 0.964 bits per heavy atom. The van der Waals surface area contributed by atoms with Crippen molar-refractivity contribution in [3.8, 4) is 0 Å². The molecule has 162 valence electrons.